The van der Waals surface area contributed by atoms with Crippen LogP contribution in [-0.2, 0) is 6.54 Å². The first-order valence-corrected chi connectivity index (χ1v) is 10.7. The summed E-state index contributed by atoms with van der Waals surface area (Å²) in [6.07, 6.45) is 2.34. The molecule has 1 heterocycles. The topological polar surface area (TPSA) is 42.9 Å². The van der Waals surface area contributed by atoms with E-state index >= 15 is 0 Å². The minimum absolute atomic E-state index is 0.516. The van der Waals surface area contributed by atoms with Gasteiger partial charge in [0.25, 0.3) is 0 Å². The van der Waals surface area contributed by atoms with Crippen LogP contribution in [0.3, 0.4) is 0 Å². The second kappa shape index (κ2) is 12.0. The predicted molar refractivity (Wildman–Crippen MR) is 116 cm³/mol. The van der Waals surface area contributed by atoms with Gasteiger partial charge < -0.3 is 10.6 Å². The van der Waals surface area contributed by atoms with Gasteiger partial charge >= 0.3 is 0 Å². The van der Waals surface area contributed by atoms with Gasteiger partial charge in [0.2, 0.25) is 0 Å². The Labute approximate surface area is 166 Å². The van der Waals surface area contributed by atoms with Crippen LogP contribution in [0.4, 0.5) is 0 Å². The summed E-state index contributed by atoms with van der Waals surface area (Å²) in [5.41, 5.74) is 1.41. The Hall–Kier alpha value is -1.59. The van der Waals surface area contributed by atoms with E-state index in [2.05, 4.69) is 78.5 Å². The Bertz CT molecular complexity index is 535. The van der Waals surface area contributed by atoms with E-state index in [9.17, 15) is 0 Å². The number of nitrogens with one attached hydrogen (secondary N) is 2. The second-order valence-electron chi connectivity index (χ2n) is 7.66. The van der Waals surface area contributed by atoms with Crippen molar-refractivity contribution in [1.29, 1.82) is 0 Å². The molecule has 27 heavy (non-hydrogen) atoms. The maximum atomic E-state index is 4.80. The quantitative estimate of drug-likeness (QED) is 0.516. The lowest BCUT2D eigenvalue weighted by molar-refractivity contribution is 0.198. The van der Waals surface area contributed by atoms with Gasteiger partial charge in [0, 0.05) is 44.8 Å². The fourth-order valence-electron chi connectivity index (χ4n) is 3.66. The van der Waals surface area contributed by atoms with Gasteiger partial charge in [-0.3, -0.25) is 14.8 Å². The van der Waals surface area contributed by atoms with Crippen molar-refractivity contribution in [3.05, 3.63) is 35.9 Å². The van der Waals surface area contributed by atoms with Crippen molar-refractivity contribution < 1.29 is 0 Å². The molecule has 0 amide bonds. The average Bonchev–Trinajstić information content (AvgIpc) is 2.67. The molecule has 2 rings (SSSR count). The van der Waals surface area contributed by atoms with Gasteiger partial charge in [-0.25, -0.2) is 0 Å². The van der Waals surface area contributed by atoms with E-state index < -0.39 is 0 Å². The predicted octanol–water partition coefficient (Wildman–Crippen LogP) is 2.94. The zero-order valence-corrected chi connectivity index (χ0v) is 17.7. The zero-order valence-electron chi connectivity index (χ0n) is 17.7. The molecule has 0 aromatic heterocycles. The maximum absolute atomic E-state index is 4.80. The highest BCUT2D eigenvalue weighted by Gasteiger charge is 2.20. The van der Waals surface area contributed by atoms with E-state index in [-0.39, 0.29) is 0 Å². The van der Waals surface area contributed by atoms with Crippen LogP contribution in [0.25, 0.3) is 0 Å². The first-order valence-electron chi connectivity index (χ1n) is 10.7. The lowest BCUT2D eigenvalue weighted by Gasteiger charge is -2.33. The normalized spacial score (nSPS) is 16.9. The first kappa shape index (κ1) is 21.7. The highest BCUT2D eigenvalue weighted by molar-refractivity contribution is 5.80. The van der Waals surface area contributed by atoms with Crippen LogP contribution in [0.5, 0.6) is 0 Å². The molecule has 152 valence electrons. The molecule has 1 saturated heterocycles. The lowest BCUT2D eigenvalue weighted by Crippen LogP contribution is -2.48. The number of aliphatic imine (C=N–C) groups is 1. The van der Waals surface area contributed by atoms with Crippen molar-refractivity contribution in [3.8, 4) is 0 Å². The van der Waals surface area contributed by atoms with E-state index in [0.29, 0.717) is 12.1 Å². The zero-order chi connectivity index (χ0) is 19.5. The summed E-state index contributed by atoms with van der Waals surface area (Å²) in [4.78, 5) is 9.81. The van der Waals surface area contributed by atoms with Crippen molar-refractivity contribution in [2.75, 3.05) is 39.3 Å². The van der Waals surface area contributed by atoms with Crippen molar-refractivity contribution in [2.24, 2.45) is 4.99 Å². The van der Waals surface area contributed by atoms with E-state index in [1.165, 1.54) is 18.4 Å². The number of hydrogen-bond acceptors (Lipinski definition) is 3. The molecule has 0 atom stereocenters. The number of likely N-dealkylation sites (tertiary alicyclic amines) is 1. The Morgan fingerprint density at radius 2 is 1.89 bits per heavy atom. The molecule has 1 fully saturated rings. The first-order chi connectivity index (χ1) is 13.1. The second-order valence-corrected chi connectivity index (χ2v) is 7.66. The molecule has 0 unspecified atom stereocenters. The number of guanidine groups is 1. The smallest absolute Gasteiger partial charge is 0.191 e. The monoisotopic (exact) mass is 373 g/mol. The van der Waals surface area contributed by atoms with Gasteiger partial charge in [0.1, 0.15) is 0 Å². The summed E-state index contributed by atoms with van der Waals surface area (Å²) in [5, 5.41) is 7.06. The van der Waals surface area contributed by atoms with Gasteiger partial charge in [0.15, 0.2) is 5.96 Å². The average molecular weight is 374 g/mol. The van der Waals surface area contributed by atoms with Crippen LogP contribution in [-0.4, -0.2) is 67.1 Å². The van der Waals surface area contributed by atoms with Crippen LogP contribution in [0.15, 0.2) is 35.3 Å². The van der Waals surface area contributed by atoms with Crippen LogP contribution in [0.2, 0.25) is 0 Å². The number of nitrogens with zero attached hydrogens (tertiary/aromatic N) is 3. The highest BCUT2D eigenvalue weighted by atomic mass is 15.2. The molecule has 1 aliphatic rings. The molecule has 1 aromatic carbocycles. The Balaban J connectivity index is 1.77. The van der Waals surface area contributed by atoms with Crippen LogP contribution in [0.1, 0.15) is 46.1 Å². The van der Waals surface area contributed by atoms with Crippen LogP contribution < -0.4 is 10.6 Å². The number of benzene rings is 1. The third kappa shape index (κ3) is 7.89. The fraction of sp³-hybridized carbons (Fsp3) is 0.682. The Morgan fingerprint density at radius 3 is 2.48 bits per heavy atom. The summed E-state index contributed by atoms with van der Waals surface area (Å²) >= 11 is 0. The van der Waals surface area contributed by atoms with Gasteiger partial charge in [0.05, 0.1) is 6.54 Å². The number of hydrogen-bond donors (Lipinski definition) is 2. The molecule has 0 aliphatic carbocycles. The van der Waals surface area contributed by atoms with Gasteiger partial charge in [-0.15, -0.1) is 0 Å². The third-order valence-electron chi connectivity index (χ3n) is 5.32. The van der Waals surface area contributed by atoms with E-state index in [4.69, 9.17) is 4.99 Å². The molecule has 5 heteroatoms. The molecule has 0 bridgehead atoms. The summed E-state index contributed by atoms with van der Waals surface area (Å²) in [7, 11) is 0. The summed E-state index contributed by atoms with van der Waals surface area (Å²) in [6, 6.07) is 11.9. The van der Waals surface area contributed by atoms with E-state index in [1.807, 2.05) is 0 Å². The summed E-state index contributed by atoms with van der Waals surface area (Å²) < 4.78 is 0. The minimum atomic E-state index is 0.516. The number of piperidine rings is 1. The molecule has 0 spiro atoms. The number of rotatable bonds is 9. The highest BCUT2D eigenvalue weighted by Crippen LogP contribution is 2.13. The van der Waals surface area contributed by atoms with E-state index in [0.717, 1.165) is 51.8 Å². The molecule has 1 aliphatic heterocycles. The van der Waals surface area contributed by atoms with Crippen LogP contribution >= 0.6 is 0 Å². The van der Waals surface area contributed by atoms with Gasteiger partial charge in [-0.2, -0.15) is 0 Å². The van der Waals surface area contributed by atoms with Gasteiger partial charge in [-0.1, -0.05) is 37.3 Å². The Morgan fingerprint density at radius 1 is 1.19 bits per heavy atom. The fourth-order valence-corrected chi connectivity index (χ4v) is 3.66. The third-order valence-corrected chi connectivity index (χ3v) is 5.32. The summed E-state index contributed by atoms with van der Waals surface area (Å²) in [5.74, 6) is 0.971. The molecule has 1 aromatic rings. The molecular formula is C22H39N5. The SMILES string of the molecule is CCNC(=NCCN(CC)C(C)C)NC1CCN(Cc2ccccc2)CC1. The molecule has 0 saturated carbocycles. The van der Waals surface area contributed by atoms with Crippen molar-refractivity contribution in [3.63, 3.8) is 0 Å². The number of likely N-dealkylation sites (N-methyl/N-ethyl adjacent to an activating group) is 1. The standard InChI is InChI=1S/C22H39N5/c1-5-23-22(24-14-17-27(6-2)19(3)4)25-21-12-15-26(16-13-21)18-20-10-8-7-9-11-20/h7-11,19,21H,5-6,12-18H2,1-4H3,(H2,23,24,25). The van der Waals surface area contributed by atoms with Gasteiger partial charge in [-0.05, 0) is 45.7 Å². The van der Waals surface area contributed by atoms with E-state index in [1.54, 1.807) is 0 Å². The molecule has 2 N–H and O–H groups in total. The molecular weight excluding hydrogens is 334 g/mol. The summed E-state index contributed by atoms with van der Waals surface area (Å²) in [6.45, 7) is 16.0. The lowest BCUT2D eigenvalue weighted by atomic mass is 10.0. The largest absolute Gasteiger partial charge is 0.357 e. The molecule has 5 nitrogen and oxygen atoms in total. The molecule has 0 radical (unpaired) electrons. The van der Waals surface area contributed by atoms with Crippen molar-refractivity contribution >= 4 is 5.96 Å². The minimum Gasteiger partial charge on any atom is -0.357 e. The van der Waals surface area contributed by atoms with Crippen LogP contribution in [0, 0.1) is 0 Å². The van der Waals surface area contributed by atoms with Crippen molar-refractivity contribution in [2.45, 2.75) is 59.2 Å². The maximum Gasteiger partial charge on any atom is 0.191 e. The Kier molecular flexibility index (Phi) is 9.64. The van der Waals surface area contributed by atoms with Crippen molar-refractivity contribution in [1.82, 2.24) is 20.4 Å².